The number of hydrogen-bond acceptors (Lipinski definition) is 3. The zero-order valence-corrected chi connectivity index (χ0v) is 10.9. The minimum atomic E-state index is 0.583. The number of anilines is 1. The fourth-order valence-electron chi connectivity index (χ4n) is 1.47. The summed E-state index contributed by atoms with van der Waals surface area (Å²) in [6.07, 6.45) is 0. The van der Waals surface area contributed by atoms with E-state index in [0.717, 1.165) is 22.2 Å². The SMILES string of the molecule is Cc1nc(=S)cc(NCc2ccc(Cl)cc2)[nH]1. The van der Waals surface area contributed by atoms with E-state index in [1.165, 1.54) is 0 Å². The van der Waals surface area contributed by atoms with E-state index in [9.17, 15) is 0 Å². The second kappa shape index (κ2) is 5.29. The fraction of sp³-hybridized carbons (Fsp3) is 0.167. The van der Waals surface area contributed by atoms with E-state index in [4.69, 9.17) is 23.8 Å². The molecular weight excluding hydrogens is 254 g/mol. The van der Waals surface area contributed by atoms with E-state index < -0.39 is 0 Å². The molecule has 5 heteroatoms. The summed E-state index contributed by atoms with van der Waals surface area (Å²) >= 11 is 10.9. The molecule has 0 bridgehead atoms. The topological polar surface area (TPSA) is 40.7 Å². The quantitative estimate of drug-likeness (QED) is 0.831. The molecule has 0 unspecified atom stereocenters. The average molecular weight is 266 g/mol. The Labute approximate surface area is 110 Å². The molecule has 1 heterocycles. The van der Waals surface area contributed by atoms with E-state index in [2.05, 4.69) is 15.3 Å². The second-order valence-electron chi connectivity index (χ2n) is 3.70. The van der Waals surface area contributed by atoms with Gasteiger partial charge in [0.05, 0.1) is 0 Å². The van der Waals surface area contributed by atoms with Crippen LogP contribution in [-0.4, -0.2) is 9.97 Å². The van der Waals surface area contributed by atoms with E-state index in [0.29, 0.717) is 11.2 Å². The average Bonchev–Trinajstić information content (AvgIpc) is 2.27. The monoisotopic (exact) mass is 265 g/mol. The smallest absolute Gasteiger partial charge is 0.131 e. The van der Waals surface area contributed by atoms with Gasteiger partial charge < -0.3 is 10.3 Å². The summed E-state index contributed by atoms with van der Waals surface area (Å²) in [6, 6.07) is 9.52. The van der Waals surface area contributed by atoms with E-state index >= 15 is 0 Å². The van der Waals surface area contributed by atoms with Gasteiger partial charge in [0.25, 0.3) is 0 Å². The van der Waals surface area contributed by atoms with Gasteiger partial charge in [-0.25, -0.2) is 4.98 Å². The number of hydrogen-bond donors (Lipinski definition) is 2. The van der Waals surface area contributed by atoms with Crippen molar-refractivity contribution >= 4 is 29.6 Å². The van der Waals surface area contributed by atoms with Crippen LogP contribution < -0.4 is 5.32 Å². The van der Waals surface area contributed by atoms with Crippen LogP contribution in [-0.2, 0) is 6.54 Å². The molecule has 0 atom stereocenters. The largest absolute Gasteiger partial charge is 0.367 e. The maximum Gasteiger partial charge on any atom is 0.131 e. The van der Waals surface area contributed by atoms with Crippen LogP contribution in [0.2, 0.25) is 5.02 Å². The predicted molar refractivity (Wildman–Crippen MR) is 72.9 cm³/mol. The Morgan fingerprint density at radius 2 is 2.06 bits per heavy atom. The highest BCUT2D eigenvalue weighted by Crippen LogP contribution is 2.11. The molecule has 0 aliphatic heterocycles. The number of aryl methyl sites for hydroxylation is 1. The molecule has 88 valence electrons. The van der Waals surface area contributed by atoms with Gasteiger partial charge in [0.1, 0.15) is 16.3 Å². The maximum atomic E-state index is 5.82. The number of nitrogens with one attached hydrogen (secondary N) is 2. The van der Waals surface area contributed by atoms with Gasteiger partial charge in [0, 0.05) is 17.6 Å². The first-order valence-corrected chi connectivity index (χ1v) is 5.98. The molecule has 2 N–H and O–H groups in total. The lowest BCUT2D eigenvalue weighted by atomic mass is 10.2. The molecule has 17 heavy (non-hydrogen) atoms. The van der Waals surface area contributed by atoms with Gasteiger partial charge >= 0.3 is 0 Å². The normalized spacial score (nSPS) is 10.2. The van der Waals surface area contributed by atoms with Crippen LogP contribution in [0.1, 0.15) is 11.4 Å². The van der Waals surface area contributed by atoms with Crippen LogP contribution in [0.3, 0.4) is 0 Å². The molecule has 3 nitrogen and oxygen atoms in total. The Balaban J connectivity index is 2.07. The zero-order valence-electron chi connectivity index (χ0n) is 9.33. The summed E-state index contributed by atoms with van der Waals surface area (Å²) in [5.41, 5.74) is 1.16. The number of nitrogens with zero attached hydrogens (tertiary/aromatic N) is 1. The lowest BCUT2D eigenvalue weighted by molar-refractivity contribution is 1.01. The number of benzene rings is 1. The first-order chi connectivity index (χ1) is 8.13. The molecule has 2 aromatic rings. The molecule has 0 saturated heterocycles. The van der Waals surface area contributed by atoms with Crippen molar-refractivity contribution in [3.8, 4) is 0 Å². The van der Waals surface area contributed by atoms with Gasteiger partial charge in [0.2, 0.25) is 0 Å². The molecule has 1 aromatic heterocycles. The molecule has 0 radical (unpaired) electrons. The van der Waals surface area contributed by atoms with Gasteiger partial charge in [0.15, 0.2) is 0 Å². The summed E-state index contributed by atoms with van der Waals surface area (Å²) in [6.45, 7) is 2.59. The van der Waals surface area contributed by atoms with Crippen LogP contribution in [0.15, 0.2) is 30.3 Å². The molecule has 0 saturated carbocycles. The van der Waals surface area contributed by atoms with Crippen molar-refractivity contribution in [2.75, 3.05) is 5.32 Å². The maximum absolute atomic E-state index is 5.82. The van der Waals surface area contributed by atoms with Crippen LogP contribution in [0, 0.1) is 11.6 Å². The number of rotatable bonds is 3. The summed E-state index contributed by atoms with van der Waals surface area (Å²) in [4.78, 5) is 7.22. The van der Waals surface area contributed by atoms with Gasteiger partial charge in [-0.15, -0.1) is 0 Å². The van der Waals surface area contributed by atoms with E-state index in [1.54, 1.807) is 6.07 Å². The lowest BCUT2D eigenvalue weighted by Crippen LogP contribution is -2.02. The van der Waals surface area contributed by atoms with Crippen LogP contribution in [0.5, 0.6) is 0 Å². The van der Waals surface area contributed by atoms with Crippen LogP contribution >= 0.6 is 23.8 Å². The van der Waals surface area contributed by atoms with Crippen LogP contribution in [0.4, 0.5) is 5.82 Å². The highest BCUT2D eigenvalue weighted by molar-refractivity contribution is 7.71. The van der Waals surface area contributed by atoms with Crippen molar-refractivity contribution in [1.82, 2.24) is 9.97 Å². The second-order valence-corrected chi connectivity index (χ2v) is 4.55. The predicted octanol–water partition coefficient (Wildman–Crippen LogP) is 3.71. The van der Waals surface area contributed by atoms with E-state index in [-0.39, 0.29) is 0 Å². The molecule has 2 rings (SSSR count). The molecule has 0 fully saturated rings. The molecule has 0 aliphatic carbocycles. The third-order valence-electron chi connectivity index (χ3n) is 2.26. The summed E-state index contributed by atoms with van der Waals surface area (Å²) in [5, 5.41) is 4.00. The lowest BCUT2D eigenvalue weighted by Gasteiger charge is -2.07. The molecular formula is C12H12ClN3S. The summed E-state index contributed by atoms with van der Waals surface area (Å²) in [7, 11) is 0. The third-order valence-corrected chi connectivity index (χ3v) is 2.72. The first-order valence-electron chi connectivity index (χ1n) is 5.20. The minimum absolute atomic E-state index is 0.583. The van der Waals surface area contributed by atoms with Crippen molar-refractivity contribution in [2.24, 2.45) is 0 Å². The van der Waals surface area contributed by atoms with E-state index in [1.807, 2.05) is 31.2 Å². The summed E-state index contributed by atoms with van der Waals surface area (Å²) in [5.74, 6) is 1.67. The Morgan fingerprint density at radius 1 is 1.35 bits per heavy atom. The zero-order chi connectivity index (χ0) is 12.3. The third kappa shape index (κ3) is 3.54. The Kier molecular flexibility index (Phi) is 3.76. The Bertz CT molecular complexity index is 563. The molecule has 1 aromatic carbocycles. The number of halogens is 1. The van der Waals surface area contributed by atoms with Gasteiger partial charge in [-0.2, -0.15) is 0 Å². The van der Waals surface area contributed by atoms with Crippen molar-refractivity contribution in [3.05, 3.63) is 51.4 Å². The highest BCUT2D eigenvalue weighted by Gasteiger charge is 1.96. The van der Waals surface area contributed by atoms with Crippen LogP contribution in [0.25, 0.3) is 0 Å². The van der Waals surface area contributed by atoms with Crippen molar-refractivity contribution in [3.63, 3.8) is 0 Å². The fourth-order valence-corrected chi connectivity index (χ4v) is 1.86. The standard InChI is InChI=1S/C12H12ClN3S/c1-8-15-11(6-12(17)16-8)14-7-9-2-4-10(13)5-3-9/h2-6H,7H2,1H3,(H2,14,15,16,17). The highest BCUT2D eigenvalue weighted by atomic mass is 35.5. The number of aromatic nitrogens is 2. The molecule has 0 aliphatic rings. The first kappa shape index (κ1) is 12.1. The summed E-state index contributed by atoms with van der Waals surface area (Å²) < 4.78 is 0.583. The number of H-pyrrole nitrogens is 1. The Morgan fingerprint density at radius 3 is 2.71 bits per heavy atom. The van der Waals surface area contributed by atoms with Crippen molar-refractivity contribution in [1.29, 1.82) is 0 Å². The van der Waals surface area contributed by atoms with Gasteiger partial charge in [-0.1, -0.05) is 36.0 Å². The number of aromatic amines is 1. The Hall–Kier alpha value is -1.39. The van der Waals surface area contributed by atoms with Gasteiger partial charge in [-0.05, 0) is 24.6 Å². The van der Waals surface area contributed by atoms with Crippen molar-refractivity contribution < 1.29 is 0 Å². The minimum Gasteiger partial charge on any atom is -0.367 e. The van der Waals surface area contributed by atoms with Crippen molar-refractivity contribution in [2.45, 2.75) is 13.5 Å². The molecule has 0 spiro atoms. The van der Waals surface area contributed by atoms with Gasteiger partial charge in [-0.3, -0.25) is 0 Å². The molecule has 0 amide bonds.